The van der Waals surface area contributed by atoms with Gasteiger partial charge in [-0.1, -0.05) is 29.8 Å². The first kappa shape index (κ1) is 19.5. The first-order valence-corrected chi connectivity index (χ1v) is 10.2. The number of fused-ring (bicyclic) bond motifs is 1. The van der Waals surface area contributed by atoms with E-state index in [1.165, 1.54) is 17.3 Å². The molecule has 0 bridgehead atoms. The van der Waals surface area contributed by atoms with Gasteiger partial charge in [0.05, 0.1) is 16.8 Å². The zero-order valence-corrected chi connectivity index (χ0v) is 16.6. The summed E-state index contributed by atoms with van der Waals surface area (Å²) in [6, 6.07) is 16.1. The van der Waals surface area contributed by atoms with Crippen LogP contribution in [0.2, 0.25) is 0 Å². The van der Waals surface area contributed by atoms with Crippen LogP contribution in [0.25, 0.3) is 11.0 Å². The molecule has 2 aromatic carbocycles. The Morgan fingerprint density at radius 2 is 1.96 bits per heavy atom. The lowest BCUT2D eigenvalue weighted by Gasteiger charge is -2.10. The maximum absolute atomic E-state index is 12.4. The third-order valence-electron chi connectivity index (χ3n) is 4.17. The van der Waals surface area contributed by atoms with Crippen LogP contribution in [-0.4, -0.2) is 34.4 Å². The van der Waals surface area contributed by atoms with Gasteiger partial charge >= 0.3 is 0 Å². The molecule has 0 saturated carbocycles. The standard InChI is InChI=1S/C21H25N3O2S/c1-3-26-14-6-13-24-19-8-5-4-7-18(19)22-21(24)23-20(25)15-27-17-11-9-16(2)10-12-17/h4-5,7-12H,3,6,13-15H2,1-2H3,(H,22,23,25). The number of carbonyl (C=O) groups excluding carboxylic acids is 1. The fourth-order valence-electron chi connectivity index (χ4n) is 2.81. The van der Waals surface area contributed by atoms with Crippen molar-refractivity contribution in [2.75, 3.05) is 24.3 Å². The molecule has 1 heterocycles. The molecule has 3 rings (SSSR count). The van der Waals surface area contributed by atoms with Crippen LogP contribution in [-0.2, 0) is 16.1 Å². The molecule has 0 aliphatic heterocycles. The fraction of sp³-hybridized carbons (Fsp3) is 0.333. The zero-order valence-electron chi connectivity index (χ0n) is 15.8. The van der Waals surface area contributed by atoms with E-state index in [9.17, 15) is 4.79 Å². The van der Waals surface area contributed by atoms with Gasteiger partial charge in [0.1, 0.15) is 0 Å². The topological polar surface area (TPSA) is 56.1 Å². The average Bonchev–Trinajstić information content (AvgIpc) is 3.02. The number of anilines is 1. The smallest absolute Gasteiger partial charge is 0.237 e. The van der Waals surface area contributed by atoms with E-state index in [-0.39, 0.29) is 5.91 Å². The molecule has 0 unspecified atom stereocenters. The van der Waals surface area contributed by atoms with Crippen molar-refractivity contribution in [2.45, 2.75) is 31.7 Å². The molecule has 0 atom stereocenters. The van der Waals surface area contributed by atoms with Gasteiger partial charge in [-0.2, -0.15) is 0 Å². The van der Waals surface area contributed by atoms with Crippen LogP contribution in [0.1, 0.15) is 18.9 Å². The second-order valence-corrected chi connectivity index (χ2v) is 7.32. The predicted molar refractivity (Wildman–Crippen MR) is 111 cm³/mol. The maximum Gasteiger partial charge on any atom is 0.237 e. The molecule has 1 N–H and O–H groups in total. The Morgan fingerprint density at radius 3 is 2.74 bits per heavy atom. The Balaban J connectivity index is 1.67. The third-order valence-corrected chi connectivity index (χ3v) is 5.18. The third kappa shape index (κ3) is 5.34. The molecule has 0 aliphatic rings. The van der Waals surface area contributed by atoms with Crippen LogP contribution in [0.5, 0.6) is 0 Å². The van der Waals surface area contributed by atoms with Gasteiger partial charge in [-0.3, -0.25) is 10.1 Å². The number of rotatable bonds is 9. The van der Waals surface area contributed by atoms with Gasteiger partial charge in [-0.15, -0.1) is 11.8 Å². The number of nitrogens with zero attached hydrogens (tertiary/aromatic N) is 2. The van der Waals surface area contributed by atoms with Gasteiger partial charge < -0.3 is 9.30 Å². The number of para-hydroxylation sites is 2. The largest absolute Gasteiger partial charge is 0.382 e. The van der Waals surface area contributed by atoms with Gasteiger partial charge in [0.2, 0.25) is 11.9 Å². The van der Waals surface area contributed by atoms with Crippen LogP contribution >= 0.6 is 11.8 Å². The molecule has 6 heteroatoms. The number of aromatic nitrogens is 2. The highest BCUT2D eigenvalue weighted by Gasteiger charge is 2.13. The minimum Gasteiger partial charge on any atom is -0.382 e. The van der Waals surface area contributed by atoms with Gasteiger partial charge in [0, 0.05) is 24.7 Å². The number of amides is 1. The number of thioether (sulfide) groups is 1. The highest BCUT2D eigenvalue weighted by Crippen LogP contribution is 2.22. The van der Waals surface area contributed by atoms with E-state index in [0.717, 1.165) is 28.9 Å². The molecular weight excluding hydrogens is 358 g/mol. The summed E-state index contributed by atoms with van der Waals surface area (Å²) in [6.45, 7) is 6.20. The summed E-state index contributed by atoms with van der Waals surface area (Å²) in [5.41, 5.74) is 3.12. The number of carbonyl (C=O) groups is 1. The Labute approximate surface area is 164 Å². The zero-order chi connectivity index (χ0) is 19.1. The van der Waals surface area contributed by atoms with E-state index in [4.69, 9.17) is 4.74 Å². The quantitative estimate of drug-likeness (QED) is 0.436. The summed E-state index contributed by atoms with van der Waals surface area (Å²) in [4.78, 5) is 18.1. The van der Waals surface area contributed by atoms with Crippen molar-refractivity contribution < 1.29 is 9.53 Å². The van der Waals surface area contributed by atoms with E-state index >= 15 is 0 Å². The van der Waals surface area contributed by atoms with Crippen LogP contribution in [0.3, 0.4) is 0 Å². The number of hydrogen-bond donors (Lipinski definition) is 1. The highest BCUT2D eigenvalue weighted by atomic mass is 32.2. The Kier molecular flexibility index (Phi) is 6.90. The van der Waals surface area contributed by atoms with Crippen LogP contribution < -0.4 is 5.32 Å². The van der Waals surface area contributed by atoms with Crippen molar-refractivity contribution >= 4 is 34.7 Å². The summed E-state index contributed by atoms with van der Waals surface area (Å²) in [5.74, 6) is 0.898. The summed E-state index contributed by atoms with van der Waals surface area (Å²) in [7, 11) is 0. The lowest BCUT2D eigenvalue weighted by Crippen LogP contribution is -2.18. The number of nitrogens with one attached hydrogen (secondary N) is 1. The molecule has 142 valence electrons. The highest BCUT2D eigenvalue weighted by molar-refractivity contribution is 8.00. The monoisotopic (exact) mass is 383 g/mol. The lowest BCUT2D eigenvalue weighted by atomic mass is 10.2. The number of imidazole rings is 1. The first-order valence-electron chi connectivity index (χ1n) is 9.19. The number of benzene rings is 2. The number of aryl methyl sites for hydroxylation is 2. The molecular formula is C21H25N3O2S. The van der Waals surface area contributed by atoms with Gasteiger partial charge in [0.25, 0.3) is 0 Å². The van der Waals surface area contributed by atoms with Crippen molar-refractivity contribution in [3.05, 3.63) is 54.1 Å². The molecule has 5 nitrogen and oxygen atoms in total. The predicted octanol–water partition coefficient (Wildman–Crippen LogP) is 4.50. The summed E-state index contributed by atoms with van der Waals surface area (Å²) >= 11 is 1.52. The molecule has 0 radical (unpaired) electrons. The van der Waals surface area contributed by atoms with E-state index < -0.39 is 0 Å². The van der Waals surface area contributed by atoms with Gasteiger partial charge in [-0.25, -0.2) is 4.98 Å². The van der Waals surface area contributed by atoms with Crippen LogP contribution in [0.15, 0.2) is 53.4 Å². The molecule has 3 aromatic rings. The second-order valence-electron chi connectivity index (χ2n) is 6.28. The Bertz CT molecular complexity index is 890. The minimum atomic E-state index is -0.0538. The van der Waals surface area contributed by atoms with Crippen LogP contribution in [0, 0.1) is 6.92 Å². The van der Waals surface area contributed by atoms with E-state index in [2.05, 4.69) is 33.9 Å². The summed E-state index contributed by atoms with van der Waals surface area (Å²) in [5, 5.41) is 2.97. The fourth-order valence-corrected chi connectivity index (χ4v) is 3.51. The van der Waals surface area contributed by atoms with Crippen molar-refractivity contribution in [1.29, 1.82) is 0 Å². The van der Waals surface area contributed by atoms with Gasteiger partial charge in [0.15, 0.2) is 0 Å². The van der Waals surface area contributed by atoms with Crippen molar-refractivity contribution in [1.82, 2.24) is 9.55 Å². The number of hydrogen-bond acceptors (Lipinski definition) is 4. The molecule has 0 aliphatic carbocycles. The molecule has 0 saturated heterocycles. The summed E-state index contributed by atoms with van der Waals surface area (Å²) in [6.07, 6.45) is 0.870. The second kappa shape index (κ2) is 9.58. The maximum atomic E-state index is 12.4. The van der Waals surface area contributed by atoms with E-state index in [1.54, 1.807) is 0 Å². The lowest BCUT2D eigenvalue weighted by molar-refractivity contribution is -0.113. The minimum absolute atomic E-state index is 0.0538. The Morgan fingerprint density at radius 1 is 1.19 bits per heavy atom. The van der Waals surface area contributed by atoms with Gasteiger partial charge in [-0.05, 0) is 44.5 Å². The average molecular weight is 384 g/mol. The Hall–Kier alpha value is -2.31. The molecule has 0 spiro atoms. The van der Waals surface area contributed by atoms with E-state index in [0.29, 0.717) is 24.9 Å². The molecule has 0 fully saturated rings. The molecule has 1 aromatic heterocycles. The molecule has 1 amide bonds. The van der Waals surface area contributed by atoms with Crippen molar-refractivity contribution in [3.63, 3.8) is 0 Å². The normalized spacial score (nSPS) is 11.0. The van der Waals surface area contributed by atoms with Crippen molar-refractivity contribution in [2.24, 2.45) is 0 Å². The van der Waals surface area contributed by atoms with Crippen molar-refractivity contribution in [3.8, 4) is 0 Å². The first-order chi connectivity index (χ1) is 13.2. The number of ether oxygens (including phenoxy) is 1. The SMILES string of the molecule is CCOCCCn1c(NC(=O)CSc2ccc(C)cc2)nc2ccccc21. The summed E-state index contributed by atoms with van der Waals surface area (Å²) < 4.78 is 7.49. The van der Waals surface area contributed by atoms with Crippen LogP contribution in [0.4, 0.5) is 5.95 Å². The molecule has 27 heavy (non-hydrogen) atoms. The van der Waals surface area contributed by atoms with E-state index in [1.807, 2.05) is 43.3 Å².